The van der Waals surface area contributed by atoms with Crippen molar-refractivity contribution in [1.29, 1.82) is 0 Å². The van der Waals surface area contributed by atoms with Gasteiger partial charge in [0.2, 0.25) is 0 Å². The number of amides is 1. The third-order valence-corrected chi connectivity index (χ3v) is 7.21. The van der Waals surface area contributed by atoms with Crippen LogP contribution in [-0.2, 0) is 0 Å². The van der Waals surface area contributed by atoms with Gasteiger partial charge in [-0.2, -0.15) is 0 Å². The van der Waals surface area contributed by atoms with Crippen LogP contribution in [0.2, 0.25) is 0 Å². The van der Waals surface area contributed by atoms with Gasteiger partial charge in [0, 0.05) is 31.0 Å². The van der Waals surface area contributed by atoms with Crippen molar-refractivity contribution in [1.82, 2.24) is 9.80 Å². The van der Waals surface area contributed by atoms with Gasteiger partial charge in [0.05, 0.1) is 0 Å². The second kappa shape index (κ2) is 6.20. The molecule has 3 aliphatic rings. The first-order valence-corrected chi connectivity index (χ1v) is 10.2. The highest BCUT2D eigenvalue weighted by molar-refractivity contribution is 5.95. The number of likely N-dealkylation sites (tertiary alicyclic amines) is 1. The molecule has 0 aromatic carbocycles. The van der Waals surface area contributed by atoms with E-state index in [0.717, 1.165) is 50.2 Å². The molecule has 1 saturated heterocycles. The van der Waals surface area contributed by atoms with Crippen molar-refractivity contribution in [3.8, 4) is 0 Å². The molecule has 1 aliphatic heterocycles. The fourth-order valence-corrected chi connectivity index (χ4v) is 6.07. The third-order valence-electron chi connectivity index (χ3n) is 7.21. The lowest BCUT2D eigenvalue weighted by Gasteiger charge is -2.57. The number of fused-ring (bicyclic) bond motifs is 1. The molecule has 0 radical (unpaired) electrons. The predicted molar refractivity (Wildman–Crippen MR) is 105 cm³/mol. The van der Waals surface area contributed by atoms with Gasteiger partial charge in [-0.15, -0.1) is 0 Å². The van der Waals surface area contributed by atoms with E-state index in [-0.39, 0.29) is 22.3 Å². The highest BCUT2D eigenvalue weighted by Crippen LogP contribution is 2.62. The van der Waals surface area contributed by atoms with Crippen LogP contribution in [0.3, 0.4) is 0 Å². The number of nitrogens with zero attached hydrogens (tertiary/aromatic N) is 2. The van der Waals surface area contributed by atoms with Crippen LogP contribution in [0.4, 0.5) is 0 Å². The molecular weight excluding hydrogens is 340 g/mol. The number of rotatable bonds is 4. The van der Waals surface area contributed by atoms with Gasteiger partial charge in [-0.3, -0.25) is 4.79 Å². The third kappa shape index (κ3) is 2.95. The van der Waals surface area contributed by atoms with E-state index >= 15 is 0 Å². The largest absolute Gasteiger partial charge is 0.427 e. The normalized spacial score (nSPS) is 29.4. The molecule has 3 fully saturated rings. The van der Waals surface area contributed by atoms with Crippen LogP contribution >= 0.6 is 0 Å². The fraction of sp³-hybridized carbons (Fsp3) is 0.727. The summed E-state index contributed by atoms with van der Waals surface area (Å²) in [7, 11) is 4.19. The zero-order chi connectivity index (χ0) is 19.6. The molecule has 0 N–H and O–H groups in total. The maximum Gasteiger partial charge on any atom is 0.349 e. The van der Waals surface area contributed by atoms with Crippen molar-refractivity contribution in [2.75, 3.05) is 33.7 Å². The maximum absolute atomic E-state index is 13.3. The highest BCUT2D eigenvalue weighted by atomic mass is 16.4. The summed E-state index contributed by atoms with van der Waals surface area (Å²) in [5.41, 5.74) is 0.944. The standard InChI is InChI=1S/C22H32N2O3/c1-14-9-16(15-7-6-8-15)27-20(26)18(14)19(25)24-10-17-21(2,3)11-22(17,13-24)12-23(4)5/h9,15,17H,6-8,10-13H2,1-5H3/t17-,22+/m1/s1. The van der Waals surface area contributed by atoms with E-state index in [4.69, 9.17) is 4.42 Å². The summed E-state index contributed by atoms with van der Waals surface area (Å²) >= 11 is 0. The van der Waals surface area contributed by atoms with Crippen LogP contribution in [0.25, 0.3) is 0 Å². The fourth-order valence-electron chi connectivity index (χ4n) is 6.07. The van der Waals surface area contributed by atoms with Gasteiger partial charge in [-0.05, 0) is 63.2 Å². The molecule has 27 heavy (non-hydrogen) atoms. The highest BCUT2D eigenvalue weighted by Gasteiger charge is 2.63. The Hall–Kier alpha value is -1.62. The molecule has 5 nitrogen and oxygen atoms in total. The summed E-state index contributed by atoms with van der Waals surface area (Å²) in [6, 6.07) is 1.92. The molecule has 0 bridgehead atoms. The van der Waals surface area contributed by atoms with Gasteiger partial charge in [0.15, 0.2) is 0 Å². The summed E-state index contributed by atoms with van der Waals surface area (Å²) in [5, 5.41) is 0. The van der Waals surface area contributed by atoms with Crippen LogP contribution < -0.4 is 5.63 Å². The van der Waals surface area contributed by atoms with Crippen LogP contribution in [0, 0.1) is 23.7 Å². The van der Waals surface area contributed by atoms with Crippen LogP contribution in [0.1, 0.15) is 67.1 Å². The molecule has 4 rings (SSSR count). The topological polar surface area (TPSA) is 53.8 Å². The van der Waals surface area contributed by atoms with E-state index in [1.807, 2.05) is 17.9 Å². The molecule has 1 aromatic heterocycles. The number of hydrogen-bond acceptors (Lipinski definition) is 4. The molecule has 2 heterocycles. The zero-order valence-electron chi connectivity index (χ0n) is 17.3. The Bertz CT molecular complexity index is 817. The first-order chi connectivity index (χ1) is 12.6. The predicted octanol–water partition coefficient (Wildman–Crippen LogP) is 3.27. The van der Waals surface area contributed by atoms with E-state index in [1.54, 1.807) is 0 Å². The molecule has 1 amide bonds. The first-order valence-electron chi connectivity index (χ1n) is 10.2. The second-order valence-electron chi connectivity index (χ2n) is 10.1. The Labute approximate surface area is 161 Å². The average Bonchev–Trinajstić information content (AvgIpc) is 2.78. The second-order valence-corrected chi connectivity index (χ2v) is 10.1. The summed E-state index contributed by atoms with van der Waals surface area (Å²) < 4.78 is 5.56. The van der Waals surface area contributed by atoms with E-state index in [2.05, 4.69) is 32.8 Å². The Balaban J connectivity index is 1.59. The Morgan fingerprint density at radius 1 is 1.33 bits per heavy atom. The molecular formula is C22H32N2O3. The van der Waals surface area contributed by atoms with Gasteiger partial charge in [-0.25, -0.2) is 4.79 Å². The van der Waals surface area contributed by atoms with E-state index in [9.17, 15) is 9.59 Å². The minimum absolute atomic E-state index is 0.148. The summed E-state index contributed by atoms with van der Waals surface area (Å²) in [6.07, 6.45) is 4.46. The lowest BCUT2D eigenvalue weighted by atomic mass is 9.48. The smallest absolute Gasteiger partial charge is 0.349 e. The lowest BCUT2D eigenvalue weighted by Crippen LogP contribution is -2.57. The Kier molecular flexibility index (Phi) is 4.30. The average molecular weight is 373 g/mol. The van der Waals surface area contributed by atoms with Gasteiger partial charge in [0.1, 0.15) is 11.3 Å². The van der Waals surface area contributed by atoms with E-state index in [1.165, 1.54) is 6.42 Å². The summed E-state index contributed by atoms with van der Waals surface area (Å²) in [6.45, 7) is 8.93. The quantitative estimate of drug-likeness (QED) is 0.814. The number of hydrogen-bond donors (Lipinski definition) is 0. The Morgan fingerprint density at radius 2 is 2.04 bits per heavy atom. The Morgan fingerprint density at radius 3 is 2.56 bits per heavy atom. The molecule has 148 valence electrons. The number of aryl methyl sites for hydroxylation is 1. The molecule has 0 unspecified atom stereocenters. The lowest BCUT2D eigenvalue weighted by molar-refractivity contribution is -0.0789. The molecule has 2 atom stereocenters. The zero-order valence-corrected chi connectivity index (χ0v) is 17.3. The van der Waals surface area contributed by atoms with Gasteiger partial charge >= 0.3 is 5.63 Å². The van der Waals surface area contributed by atoms with Crippen molar-refractivity contribution in [2.45, 2.75) is 52.4 Å². The molecule has 1 aromatic rings. The number of carbonyl (C=O) groups excluding carboxylic acids is 1. The minimum atomic E-state index is -0.456. The van der Waals surface area contributed by atoms with Crippen LogP contribution in [-0.4, -0.2) is 49.4 Å². The van der Waals surface area contributed by atoms with Crippen LogP contribution in [0.15, 0.2) is 15.3 Å². The molecule has 2 aliphatic carbocycles. The molecule has 2 saturated carbocycles. The van der Waals surface area contributed by atoms with Crippen molar-refractivity contribution >= 4 is 5.91 Å². The first kappa shape index (κ1) is 18.7. The minimum Gasteiger partial charge on any atom is -0.427 e. The van der Waals surface area contributed by atoms with E-state index < -0.39 is 5.63 Å². The SMILES string of the molecule is Cc1cc(C2CCC2)oc(=O)c1C(=O)N1C[C@@H]2C(C)(C)C[C@]2(CN(C)C)C1. The molecule has 5 heteroatoms. The summed E-state index contributed by atoms with van der Waals surface area (Å²) in [4.78, 5) is 30.0. The van der Waals surface area contributed by atoms with Crippen LogP contribution in [0.5, 0.6) is 0 Å². The van der Waals surface area contributed by atoms with Gasteiger partial charge in [-0.1, -0.05) is 20.3 Å². The number of carbonyl (C=O) groups is 1. The molecule has 0 spiro atoms. The van der Waals surface area contributed by atoms with Crippen molar-refractivity contribution in [3.05, 3.63) is 33.4 Å². The van der Waals surface area contributed by atoms with Gasteiger partial charge in [0.25, 0.3) is 5.91 Å². The van der Waals surface area contributed by atoms with Crippen molar-refractivity contribution in [2.24, 2.45) is 16.7 Å². The van der Waals surface area contributed by atoms with Gasteiger partial charge < -0.3 is 14.2 Å². The van der Waals surface area contributed by atoms with E-state index in [0.29, 0.717) is 11.8 Å². The summed E-state index contributed by atoms with van der Waals surface area (Å²) in [5.74, 6) is 1.45. The monoisotopic (exact) mass is 372 g/mol. The van der Waals surface area contributed by atoms with Crippen molar-refractivity contribution in [3.63, 3.8) is 0 Å². The van der Waals surface area contributed by atoms with Crippen molar-refractivity contribution < 1.29 is 9.21 Å². The maximum atomic E-state index is 13.3.